The Morgan fingerprint density at radius 1 is 1.21 bits per heavy atom. The van der Waals surface area contributed by atoms with Crippen LogP contribution in [0.15, 0.2) is 29.4 Å². The summed E-state index contributed by atoms with van der Waals surface area (Å²) in [5, 5.41) is 9.60. The summed E-state index contributed by atoms with van der Waals surface area (Å²) in [5.41, 5.74) is 1.18. The van der Waals surface area contributed by atoms with E-state index in [4.69, 9.17) is 0 Å². The van der Waals surface area contributed by atoms with Gasteiger partial charge in [-0.2, -0.15) is 13.8 Å². The standard InChI is InChI=1S/C17H19F2N7OS/c18-14(19)28-17-20-11-6-2-3-7-12(11)26(17)10-13(27)21-15-22-16(24-23-15)25-8-4-1-5-9-25/h2-3,6-7,14H,1,4-5,8-10H2,(H2,21,22,23,24,27). The van der Waals surface area contributed by atoms with Crippen LogP contribution in [-0.2, 0) is 11.3 Å². The number of imidazole rings is 1. The number of halogens is 2. The van der Waals surface area contributed by atoms with Gasteiger partial charge >= 0.3 is 0 Å². The van der Waals surface area contributed by atoms with Crippen molar-refractivity contribution >= 4 is 40.6 Å². The molecular weight excluding hydrogens is 388 g/mol. The van der Waals surface area contributed by atoms with Gasteiger partial charge < -0.3 is 9.47 Å². The first-order valence-electron chi connectivity index (χ1n) is 8.97. The van der Waals surface area contributed by atoms with E-state index >= 15 is 0 Å². The third kappa shape index (κ3) is 4.08. The van der Waals surface area contributed by atoms with Crippen LogP contribution in [0.1, 0.15) is 19.3 Å². The molecule has 0 atom stereocenters. The maximum atomic E-state index is 12.9. The molecule has 0 aliphatic carbocycles. The molecule has 11 heteroatoms. The van der Waals surface area contributed by atoms with E-state index in [-0.39, 0.29) is 17.6 Å². The Bertz CT molecular complexity index is 967. The third-order valence-electron chi connectivity index (χ3n) is 4.49. The highest BCUT2D eigenvalue weighted by Crippen LogP contribution is 2.28. The molecule has 3 aromatic rings. The molecule has 0 radical (unpaired) electrons. The molecule has 4 rings (SSSR count). The van der Waals surface area contributed by atoms with Crippen molar-refractivity contribution in [1.82, 2.24) is 24.7 Å². The first kappa shape index (κ1) is 18.7. The number of fused-ring (bicyclic) bond motifs is 1. The molecule has 1 aliphatic rings. The fourth-order valence-electron chi connectivity index (χ4n) is 3.24. The molecule has 1 aliphatic heterocycles. The lowest BCUT2D eigenvalue weighted by Gasteiger charge is -2.24. The second kappa shape index (κ2) is 8.13. The molecule has 8 nitrogen and oxygen atoms in total. The summed E-state index contributed by atoms with van der Waals surface area (Å²) in [6.45, 7) is 1.62. The number of aromatic amines is 1. The summed E-state index contributed by atoms with van der Waals surface area (Å²) >= 11 is 0.318. The van der Waals surface area contributed by atoms with Crippen molar-refractivity contribution < 1.29 is 13.6 Å². The average Bonchev–Trinajstić information content (AvgIpc) is 3.27. The third-order valence-corrected chi connectivity index (χ3v) is 5.19. The number of aromatic nitrogens is 5. The maximum Gasteiger partial charge on any atom is 0.291 e. The van der Waals surface area contributed by atoms with Crippen molar-refractivity contribution in [2.75, 3.05) is 23.3 Å². The number of hydrogen-bond acceptors (Lipinski definition) is 6. The number of para-hydroxylation sites is 2. The lowest BCUT2D eigenvalue weighted by Crippen LogP contribution is -2.30. The van der Waals surface area contributed by atoms with Crippen LogP contribution in [0.3, 0.4) is 0 Å². The highest BCUT2D eigenvalue weighted by molar-refractivity contribution is 7.99. The Kier molecular flexibility index (Phi) is 5.42. The van der Waals surface area contributed by atoms with E-state index in [0.29, 0.717) is 28.7 Å². The molecule has 2 N–H and O–H groups in total. The van der Waals surface area contributed by atoms with E-state index in [1.54, 1.807) is 24.3 Å². The first-order valence-corrected chi connectivity index (χ1v) is 9.85. The molecule has 0 bridgehead atoms. The summed E-state index contributed by atoms with van der Waals surface area (Å²) < 4.78 is 27.2. The number of alkyl halides is 2. The summed E-state index contributed by atoms with van der Waals surface area (Å²) in [5.74, 6) is -2.24. The van der Waals surface area contributed by atoms with Gasteiger partial charge in [-0.15, -0.1) is 5.10 Å². The highest BCUT2D eigenvalue weighted by Gasteiger charge is 2.19. The molecule has 28 heavy (non-hydrogen) atoms. The number of anilines is 2. The lowest BCUT2D eigenvalue weighted by atomic mass is 10.1. The molecule has 3 heterocycles. The largest absolute Gasteiger partial charge is 0.340 e. The Hall–Kier alpha value is -2.69. The van der Waals surface area contributed by atoms with Crippen molar-refractivity contribution in [3.05, 3.63) is 24.3 Å². The zero-order valence-corrected chi connectivity index (χ0v) is 15.8. The van der Waals surface area contributed by atoms with Crippen molar-refractivity contribution in [2.45, 2.75) is 36.7 Å². The number of nitrogens with one attached hydrogen (secondary N) is 2. The van der Waals surface area contributed by atoms with Crippen molar-refractivity contribution in [3.63, 3.8) is 0 Å². The van der Waals surface area contributed by atoms with E-state index < -0.39 is 11.7 Å². The number of benzene rings is 1. The van der Waals surface area contributed by atoms with Gasteiger partial charge in [-0.3, -0.25) is 10.1 Å². The normalized spacial score (nSPS) is 14.8. The van der Waals surface area contributed by atoms with Crippen molar-refractivity contribution in [2.24, 2.45) is 0 Å². The fourth-order valence-corrected chi connectivity index (χ4v) is 3.84. The topological polar surface area (TPSA) is 91.7 Å². The van der Waals surface area contributed by atoms with Crippen LogP contribution in [0.5, 0.6) is 0 Å². The van der Waals surface area contributed by atoms with E-state index in [9.17, 15) is 13.6 Å². The maximum absolute atomic E-state index is 12.9. The molecule has 1 fully saturated rings. The molecule has 0 saturated carbocycles. The van der Waals surface area contributed by atoms with Gasteiger partial charge in [-0.25, -0.2) is 10.1 Å². The van der Waals surface area contributed by atoms with Crippen LogP contribution in [0.2, 0.25) is 0 Å². The number of carbonyl (C=O) groups excluding carboxylic acids is 1. The molecular formula is C17H19F2N7OS. The van der Waals surface area contributed by atoms with E-state index in [0.717, 1.165) is 25.9 Å². The molecule has 0 spiro atoms. The van der Waals surface area contributed by atoms with Gasteiger partial charge in [-0.1, -0.05) is 12.1 Å². The van der Waals surface area contributed by atoms with Crippen LogP contribution >= 0.6 is 11.8 Å². The zero-order chi connectivity index (χ0) is 19.5. The summed E-state index contributed by atoms with van der Waals surface area (Å²) in [7, 11) is 0. The first-order chi connectivity index (χ1) is 13.6. The molecule has 1 saturated heterocycles. The molecule has 1 amide bonds. The van der Waals surface area contributed by atoms with Gasteiger partial charge in [0, 0.05) is 13.1 Å². The predicted molar refractivity (Wildman–Crippen MR) is 103 cm³/mol. The predicted octanol–water partition coefficient (Wildman–Crippen LogP) is 3.10. The van der Waals surface area contributed by atoms with Gasteiger partial charge in [0.25, 0.3) is 5.76 Å². The summed E-state index contributed by atoms with van der Waals surface area (Å²) in [6.07, 6.45) is 3.38. The zero-order valence-electron chi connectivity index (χ0n) is 14.9. The quantitative estimate of drug-likeness (QED) is 0.610. The van der Waals surface area contributed by atoms with Gasteiger partial charge in [0.2, 0.25) is 17.8 Å². The second-order valence-corrected chi connectivity index (χ2v) is 7.38. The second-order valence-electron chi connectivity index (χ2n) is 6.43. The minimum atomic E-state index is -2.63. The number of rotatable bonds is 6. The van der Waals surface area contributed by atoms with E-state index in [1.165, 1.54) is 11.0 Å². The van der Waals surface area contributed by atoms with Gasteiger partial charge in [-0.05, 0) is 43.2 Å². The number of amides is 1. The van der Waals surface area contributed by atoms with Crippen LogP contribution in [0.4, 0.5) is 20.7 Å². The van der Waals surface area contributed by atoms with Gasteiger partial charge in [0.05, 0.1) is 11.0 Å². The lowest BCUT2D eigenvalue weighted by molar-refractivity contribution is -0.116. The van der Waals surface area contributed by atoms with Crippen LogP contribution in [-0.4, -0.2) is 49.5 Å². The number of nitrogens with zero attached hydrogens (tertiary/aromatic N) is 5. The summed E-state index contributed by atoms with van der Waals surface area (Å²) in [6, 6.07) is 7.01. The van der Waals surface area contributed by atoms with Crippen LogP contribution < -0.4 is 10.2 Å². The van der Waals surface area contributed by atoms with Crippen LogP contribution in [0.25, 0.3) is 11.0 Å². The van der Waals surface area contributed by atoms with E-state index in [2.05, 4.69) is 30.4 Å². The number of hydrogen-bond donors (Lipinski definition) is 2. The van der Waals surface area contributed by atoms with Crippen molar-refractivity contribution in [1.29, 1.82) is 0 Å². The average molecular weight is 407 g/mol. The molecule has 2 aromatic heterocycles. The van der Waals surface area contributed by atoms with Gasteiger partial charge in [0.15, 0.2) is 5.16 Å². The number of carbonyl (C=O) groups is 1. The monoisotopic (exact) mass is 407 g/mol. The SMILES string of the molecule is O=C(Cn1c(SC(F)F)nc2ccccc21)Nc1nc(N2CCCCC2)n[nH]1. The minimum absolute atomic E-state index is 0.0953. The van der Waals surface area contributed by atoms with E-state index in [1.807, 2.05) is 0 Å². The minimum Gasteiger partial charge on any atom is -0.340 e. The fraction of sp³-hybridized carbons (Fsp3) is 0.412. The Morgan fingerprint density at radius 3 is 2.79 bits per heavy atom. The molecule has 1 aromatic carbocycles. The highest BCUT2D eigenvalue weighted by atomic mass is 32.2. The Labute approximate surface area is 163 Å². The Balaban J connectivity index is 1.48. The van der Waals surface area contributed by atoms with Crippen LogP contribution in [0, 0.1) is 0 Å². The molecule has 0 unspecified atom stereocenters. The number of piperidine rings is 1. The van der Waals surface area contributed by atoms with Gasteiger partial charge in [0.1, 0.15) is 6.54 Å². The summed E-state index contributed by atoms with van der Waals surface area (Å²) in [4.78, 5) is 23.1. The number of thioether (sulfide) groups is 1. The smallest absolute Gasteiger partial charge is 0.291 e. The Morgan fingerprint density at radius 2 is 2.00 bits per heavy atom. The number of H-pyrrole nitrogens is 1. The molecule has 148 valence electrons. The van der Waals surface area contributed by atoms with Crippen molar-refractivity contribution in [3.8, 4) is 0 Å².